The van der Waals surface area contributed by atoms with E-state index in [0.717, 1.165) is 30.3 Å². The summed E-state index contributed by atoms with van der Waals surface area (Å²) in [5.74, 6) is 0.879. The van der Waals surface area contributed by atoms with Crippen LogP contribution in [0, 0.1) is 0 Å². The van der Waals surface area contributed by atoms with Crippen LogP contribution < -0.4 is 5.32 Å². The van der Waals surface area contributed by atoms with Gasteiger partial charge in [0.1, 0.15) is 0 Å². The minimum atomic E-state index is 0.879. The number of hydrogen-bond donors (Lipinski definition) is 2. The highest BCUT2D eigenvalue weighted by molar-refractivity contribution is 7.15. The predicted octanol–water partition coefficient (Wildman–Crippen LogP) is 1.18. The topological polar surface area (TPSA) is 53.6 Å². The van der Waals surface area contributed by atoms with Crippen molar-refractivity contribution in [2.45, 2.75) is 13.0 Å². The Labute approximate surface area is 85.4 Å². The zero-order valence-electron chi connectivity index (χ0n) is 7.58. The molecule has 1 aliphatic heterocycles. The Morgan fingerprint density at radius 3 is 3.21 bits per heavy atom. The Morgan fingerprint density at radius 1 is 1.43 bits per heavy atom. The highest BCUT2D eigenvalue weighted by Gasteiger charge is 2.16. The average Bonchev–Trinajstić information content (AvgIpc) is 2.86. The molecule has 14 heavy (non-hydrogen) atoms. The first-order valence-corrected chi connectivity index (χ1v) is 5.44. The first-order valence-electron chi connectivity index (χ1n) is 4.62. The summed E-state index contributed by atoms with van der Waals surface area (Å²) in [4.78, 5) is 13.2. The highest BCUT2D eigenvalue weighted by atomic mass is 32.1. The van der Waals surface area contributed by atoms with Gasteiger partial charge >= 0.3 is 0 Å². The van der Waals surface area contributed by atoms with Crippen LogP contribution in [0.1, 0.15) is 10.6 Å². The van der Waals surface area contributed by atoms with E-state index in [1.54, 1.807) is 17.5 Å². The van der Waals surface area contributed by atoms with Gasteiger partial charge in [0.05, 0.1) is 5.69 Å². The fourth-order valence-corrected chi connectivity index (χ4v) is 2.65. The molecule has 0 saturated carbocycles. The van der Waals surface area contributed by atoms with Crippen molar-refractivity contribution in [2.24, 2.45) is 0 Å². The third-order valence-electron chi connectivity index (χ3n) is 2.30. The standard InChI is InChI=1S/C9H10N4S/c1-2-10-5-7-6(1)13-9(14-7)8-11-3-4-12-8/h3-4,10H,1-2,5H2,(H,11,12). The normalized spacial score (nSPS) is 15.4. The van der Waals surface area contributed by atoms with Crippen molar-refractivity contribution in [3.63, 3.8) is 0 Å². The second-order valence-electron chi connectivity index (χ2n) is 3.25. The summed E-state index contributed by atoms with van der Waals surface area (Å²) in [6, 6.07) is 0. The summed E-state index contributed by atoms with van der Waals surface area (Å²) in [7, 11) is 0. The molecule has 0 radical (unpaired) electrons. The van der Waals surface area contributed by atoms with Crippen LogP contribution in [0.2, 0.25) is 0 Å². The van der Waals surface area contributed by atoms with E-state index in [4.69, 9.17) is 0 Å². The molecule has 0 unspecified atom stereocenters. The largest absolute Gasteiger partial charge is 0.343 e. The van der Waals surface area contributed by atoms with Gasteiger partial charge in [0.2, 0.25) is 0 Å². The molecule has 0 aromatic carbocycles. The van der Waals surface area contributed by atoms with E-state index in [0.29, 0.717) is 0 Å². The van der Waals surface area contributed by atoms with E-state index < -0.39 is 0 Å². The Morgan fingerprint density at radius 2 is 2.43 bits per heavy atom. The number of nitrogens with one attached hydrogen (secondary N) is 2. The van der Waals surface area contributed by atoms with Crippen LogP contribution in [0.25, 0.3) is 10.8 Å². The maximum absolute atomic E-state index is 4.58. The quantitative estimate of drug-likeness (QED) is 0.736. The minimum absolute atomic E-state index is 0.879. The first kappa shape index (κ1) is 8.14. The van der Waals surface area contributed by atoms with Crippen LogP contribution in [0.15, 0.2) is 12.4 Å². The van der Waals surface area contributed by atoms with Crippen molar-refractivity contribution in [1.29, 1.82) is 0 Å². The summed E-state index contributed by atoms with van der Waals surface area (Å²) in [6.45, 7) is 1.99. The summed E-state index contributed by atoms with van der Waals surface area (Å²) < 4.78 is 0. The molecule has 0 saturated heterocycles. The number of fused-ring (bicyclic) bond motifs is 1. The molecule has 0 aliphatic carbocycles. The Hall–Kier alpha value is -1.20. The molecule has 0 amide bonds. The second-order valence-corrected chi connectivity index (χ2v) is 4.34. The van der Waals surface area contributed by atoms with Crippen LogP contribution in [0.4, 0.5) is 0 Å². The van der Waals surface area contributed by atoms with E-state index in [2.05, 4.69) is 20.3 Å². The molecule has 3 heterocycles. The molecule has 72 valence electrons. The Kier molecular flexibility index (Phi) is 1.85. The number of thiazole rings is 1. The van der Waals surface area contributed by atoms with Crippen molar-refractivity contribution in [1.82, 2.24) is 20.3 Å². The third kappa shape index (κ3) is 1.25. The highest BCUT2D eigenvalue weighted by Crippen LogP contribution is 2.27. The van der Waals surface area contributed by atoms with Gasteiger partial charge in [0, 0.05) is 36.8 Å². The summed E-state index contributed by atoms with van der Waals surface area (Å²) in [5.41, 5.74) is 1.24. The zero-order valence-corrected chi connectivity index (χ0v) is 8.40. The number of H-pyrrole nitrogens is 1. The number of hydrogen-bond acceptors (Lipinski definition) is 4. The van der Waals surface area contributed by atoms with Gasteiger partial charge < -0.3 is 10.3 Å². The smallest absolute Gasteiger partial charge is 0.166 e. The fourth-order valence-electron chi connectivity index (χ4n) is 1.61. The molecule has 1 aliphatic rings. The number of aromatic amines is 1. The lowest BCUT2D eigenvalue weighted by Crippen LogP contribution is -2.22. The molecule has 2 aromatic rings. The van der Waals surface area contributed by atoms with Crippen LogP contribution in [0.3, 0.4) is 0 Å². The minimum Gasteiger partial charge on any atom is -0.343 e. The predicted molar refractivity (Wildman–Crippen MR) is 55.1 cm³/mol. The molecule has 4 nitrogen and oxygen atoms in total. The number of nitrogens with zero attached hydrogens (tertiary/aromatic N) is 2. The lowest BCUT2D eigenvalue weighted by Gasteiger charge is -2.09. The second kappa shape index (κ2) is 3.18. The summed E-state index contributed by atoms with van der Waals surface area (Å²) >= 11 is 1.73. The summed E-state index contributed by atoms with van der Waals surface area (Å²) in [5, 5.41) is 4.34. The van der Waals surface area contributed by atoms with Gasteiger partial charge in [0.15, 0.2) is 10.8 Å². The lowest BCUT2D eigenvalue weighted by molar-refractivity contribution is 0.644. The monoisotopic (exact) mass is 206 g/mol. The van der Waals surface area contributed by atoms with Crippen molar-refractivity contribution in [3.8, 4) is 10.8 Å². The molecule has 3 rings (SSSR count). The average molecular weight is 206 g/mol. The molecule has 0 fully saturated rings. The zero-order chi connectivity index (χ0) is 9.38. The maximum Gasteiger partial charge on any atom is 0.166 e. The molecule has 2 aromatic heterocycles. The first-order chi connectivity index (χ1) is 6.93. The van der Waals surface area contributed by atoms with Crippen molar-refractivity contribution >= 4 is 11.3 Å². The van der Waals surface area contributed by atoms with Gasteiger partial charge in [0.25, 0.3) is 0 Å². The number of aromatic nitrogens is 3. The van der Waals surface area contributed by atoms with Gasteiger partial charge in [-0.1, -0.05) is 0 Å². The molecule has 2 N–H and O–H groups in total. The van der Waals surface area contributed by atoms with Gasteiger partial charge in [-0.3, -0.25) is 0 Å². The molecule has 0 bridgehead atoms. The number of imidazole rings is 1. The molecule has 0 spiro atoms. The fraction of sp³-hybridized carbons (Fsp3) is 0.333. The van der Waals surface area contributed by atoms with Crippen LogP contribution in [0.5, 0.6) is 0 Å². The van der Waals surface area contributed by atoms with Crippen molar-refractivity contribution in [3.05, 3.63) is 23.0 Å². The van der Waals surface area contributed by atoms with Gasteiger partial charge in [-0.2, -0.15) is 0 Å². The summed E-state index contributed by atoms with van der Waals surface area (Å²) in [6.07, 6.45) is 4.62. The van der Waals surface area contributed by atoms with E-state index in [-0.39, 0.29) is 0 Å². The van der Waals surface area contributed by atoms with Gasteiger partial charge in [-0.05, 0) is 0 Å². The van der Waals surface area contributed by atoms with Crippen molar-refractivity contribution < 1.29 is 0 Å². The van der Waals surface area contributed by atoms with E-state index in [1.807, 2.05) is 6.20 Å². The van der Waals surface area contributed by atoms with E-state index >= 15 is 0 Å². The Bertz CT molecular complexity index is 408. The third-order valence-corrected chi connectivity index (χ3v) is 3.41. The van der Waals surface area contributed by atoms with Crippen molar-refractivity contribution in [2.75, 3.05) is 6.54 Å². The lowest BCUT2D eigenvalue weighted by atomic mass is 10.2. The molecular weight excluding hydrogens is 196 g/mol. The Balaban J connectivity index is 2.04. The molecular formula is C9H10N4S. The number of rotatable bonds is 1. The van der Waals surface area contributed by atoms with Crippen LogP contribution >= 0.6 is 11.3 Å². The maximum atomic E-state index is 4.58. The van der Waals surface area contributed by atoms with Crippen LogP contribution in [-0.2, 0) is 13.0 Å². The van der Waals surface area contributed by atoms with Gasteiger partial charge in [-0.25, -0.2) is 9.97 Å². The van der Waals surface area contributed by atoms with Gasteiger partial charge in [-0.15, -0.1) is 11.3 Å². The molecule has 5 heteroatoms. The molecule has 0 atom stereocenters. The van der Waals surface area contributed by atoms with E-state index in [9.17, 15) is 0 Å². The van der Waals surface area contributed by atoms with Crippen LogP contribution in [-0.4, -0.2) is 21.5 Å². The van der Waals surface area contributed by atoms with E-state index in [1.165, 1.54) is 10.6 Å². The SMILES string of the molecule is c1c[nH]c(-c2nc3c(s2)CNCC3)n1.